The van der Waals surface area contributed by atoms with Crippen molar-refractivity contribution in [2.45, 2.75) is 6.54 Å². The fourth-order valence-corrected chi connectivity index (χ4v) is 2.22. The Morgan fingerprint density at radius 2 is 2.10 bits per heavy atom. The van der Waals surface area contributed by atoms with Crippen LogP contribution in [0, 0.1) is 0 Å². The zero-order chi connectivity index (χ0) is 14.9. The fourth-order valence-electron chi connectivity index (χ4n) is 2.22. The van der Waals surface area contributed by atoms with Crippen LogP contribution in [0.15, 0.2) is 24.3 Å². The summed E-state index contributed by atoms with van der Waals surface area (Å²) >= 11 is 0. The van der Waals surface area contributed by atoms with Crippen LogP contribution in [0.2, 0.25) is 0 Å². The van der Waals surface area contributed by atoms with E-state index in [4.69, 9.17) is 14.6 Å². The molecule has 1 heterocycles. The third-order valence-electron chi connectivity index (χ3n) is 3.35. The number of hydrogen-bond donors (Lipinski definition) is 2. The maximum absolute atomic E-state index is 10.6. The Hall–Kier alpha value is -1.63. The number of rotatable bonds is 8. The van der Waals surface area contributed by atoms with Crippen molar-refractivity contribution in [3.63, 3.8) is 0 Å². The normalized spacial score (nSPS) is 15.8. The molecule has 1 aliphatic rings. The average Bonchev–Trinajstić information content (AvgIpc) is 2.51. The minimum Gasteiger partial charge on any atom is -0.482 e. The third-order valence-corrected chi connectivity index (χ3v) is 3.35. The van der Waals surface area contributed by atoms with Crippen molar-refractivity contribution in [3.8, 4) is 5.75 Å². The molecule has 116 valence electrons. The van der Waals surface area contributed by atoms with Gasteiger partial charge in [-0.05, 0) is 6.07 Å². The van der Waals surface area contributed by atoms with Gasteiger partial charge in [0.25, 0.3) is 0 Å². The van der Waals surface area contributed by atoms with Gasteiger partial charge in [-0.25, -0.2) is 4.79 Å². The van der Waals surface area contributed by atoms with E-state index in [1.807, 2.05) is 18.2 Å². The lowest BCUT2D eigenvalue weighted by atomic mass is 10.2. The van der Waals surface area contributed by atoms with Gasteiger partial charge in [-0.2, -0.15) is 0 Å². The van der Waals surface area contributed by atoms with Crippen molar-refractivity contribution in [3.05, 3.63) is 29.8 Å². The lowest BCUT2D eigenvalue weighted by Crippen LogP contribution is -2.40. The molecule has 6 nitrogen and oxygen atoms in total. The predicted molar refractivity (Wildman–Crippen MR) is 78.5 cm³/mol. The number of hydrogen-bond acceptors (Lipinski definition) is 5. The van der Waals surface area contributed by atoms with Crippen molar-refractivity contribution < 1.29 is 19.4 Å². The summed E-state index contributed by atoms with van der Waals surface area (Å²) in [5.74, 6) is -0.344. The highest BCUT2D eigenvalue weighted by molar-refractivity contribution is 5.68. The summed E-state index contributed by atoms with van der Waals surface area (Å²) < 4.78 is 10.6. The molecule has 0 unspecified atom stereocenters. The van der Waals surface area contributed by atoms with Crippen LogP contribution < -0.4 is 10.1 Å². The highest BCUT2D eigenvalue weighted by Gasteiger charge is 2.09. The van der Waals surface area contributed by atoms with Crippen LogP contribution >= 0.6 is 0 Å². The third kappa shape index (κ3) is 5.71. The van der Waals surface area contributed by atoms with Gasteiger partial charge in [0.2, 0.25) is 0 Å². The standard InChI is InChI=1S/C15H22N2O4/c18-15(19)12-21-14-4-2-1-3-13(14)11-16-5-6-17-7-9-20-10-8-17/h1-4,16H,5-12H2,(H,18,19). The molecule has 0 aliphatic carbocycles. The molecule has 0 amide bonds. The van der Waals surface area contributed by atoms with Gasteiger partial charge in [0.1, 0.15) is 5.75 Å². The Morgan fingerprint density at radius 1 is 1.33 bits per heavy atom. The van der Waals surface area contributed by atoms with E-state index in [2.05, 4.69) is 10.2 Å². The first kappa shape index (κ1) is 15.8. The Bertz CT molecular complexity index is 447. The van der Waals surface area contributed by atoms with Crippen LogP contribution in [0.4, 0.5) is 0 Å². The first-order chi connectivity index (χ1) is 10.3. The summed E-state index contributed by atoms with van der Waals surface area (Å²) in [6, 6.07) is 7.50. The van der Waals surface area contributed by atoms with E-state index in [-0.39, 0.29) is 6.61 Å². The molecule has 1 aromatic carbocycles. The van der Waals surface area contributed by atoms with Crippen LogP contribution in [0.3, 0.4) is 0 Å². The van der Waals surface area contributed by atoms with Crippen molar-refractivity contribution in [2.75, 3.05) is 46.0 Å². The number of para-hydroxylation sites is 1. The van der Waals surface area contributed by atoms with Crippen LogP contribution in [-0.4, -0.2) is 62.0 Å². The molecule has 0 saturated carbocycles. The summed E-state index contributed by atoms with van der Waals surface area (Å²) in [7, 11) is 0. The maximum atomic E-state index is 10.6. The zero-order valence-electron chi connectivity index (χ0n) is 12.1. The number of morpholine rings is 1. The zero-order valence-corrected chi connectivity index (χ0v) is 12.1. The van der Waals surface area contributed by atoms with E-state index in [0.29, 0.717) is 12.3 Å². The first-order valence-corrected chi connectivity index (χ1v) is 7.19. The van der Waals surface area contributed by atoms with Crippen LogP contribution in [-0.2, 0) is 16.1 Å². The van der Waals surface area contributed by atoms with Gasteiger partial charge in [0.05, 0.1) is 13.2 Å². The number of nitrogens with zero attached hydrogens (tertiary/aromatic N) is 1. The number of nitrogens with one attached hydrogen (secondary N) is 1. The molecule has 2 rings (SSSR count). The smallest absolute Gasteiger partial charge is 0.341 e. The molecule has 0 bridgehead atoms. The maximum Gasteiger partial charge on any atom is 0.341 e. The lowest BCUT2D eigenvalue weighted by molar-refractivity contribution is -0.139. The molecular formula is C15H22N2O4. The number of aliphatic carboxylic acids is 1. The SMILES string of the molecule is O=C(O)COc1ccccc1CNCCN1CCOCC1. The van der Waals surface area contributed by atoms with E-state index in [0.717, 1.165) is 45.0 Å². The van der Waals surface area contributed by atoms with Crippen molar-refractivity contribution in [1.29, 1.82) is 0 Å². The van der Waals surface area contributed by atoms with E-state index >= 15 is 0 Å². The molecule has 1 aliphatic heterocycles. The highest BCUT2D eigenvalue weighted by Crippen LogP contribution is 2.17. The second kappa shape index (κ2) is 8.61. The molecule has 6 heteroatoms. The van der Waals surface area contributed by atoms with E-state index in [9.17, 15) is 4.79 Å². The van der Waals surface area contributed by atoms with Crippen molar-refractivity contribution in [1.82, 2.24) is 10.2 Å². The van der Waals surface area contributed by atoms with Gasteiger partial charge in [-0.1, -0.05) is 18.2 Å². The molecule has 0 atom stereocenters. The molecule has 21 heavy (non-hydrogen) atoms. The topological polar surface area (TPSA) is 71.0 Å². The molecular weight excluding hydrogens is 272 g/mol. The second-order valence-electron chi connectivity index (χ2n) is 4.92. The van der Waals surface area contributed by atoms with Crippen LogP contribution in [0.1, 0.15) is 5.56 Å². The molecule has 1 aromatic rings. The monoisotopic (exact) mass is 294 g/mol. The number of carbonyl (C=O) groups is 1. The molecule has 1 saturated heterocycles. The van der Waals surface area contributed by atoms with Gasteiger partial charge in [-0.15, -0.1) is 0 Å². The molecule has 2 N–H and O–H groups in total. The van der Waals surface area contributed by atoms with E-state index in [1.54, 1.807) is 6.07 Å². The van der Waals surface area contributed by atoms with Gasteiger partial charge in [-0.3, -0.25) is 4.90 Å². The first-order valence-electron chi connectivity index (χ1n) is 7.19. The van der Waals surface area contributed by atoms with Crippen LogP contribution in [0.5, 0.6) is 5.75 Å². The Kier molecular flexibility index (Phi) is 6.46. The fraction of sp³-hybridized carbons (Fsp3) is 0.533. The molecule has 0 aromatic heterocycles. The van der Waals surface area contributed by atoms with Crippen LogP contribution in [0.25, 0.3) is 0 Å². The summed E-state index contributed by atoms with van der Waals surface area (Å²) in [6.45, 7) is 5.82. The summed E-state index contributed by atoms with van der Waals surface area (Å²) in [5, 5.41) is 12.0. The minimum atomic E-state index is -0.968. The lowest BCUT2D eigenvalue weighted by Gasteiger charge is -2.26. The summed E-state index contributed by atoms with van der Waals surface area (Å²) in [6.07, 6.45) is 0. The largest absolute Gasteiger partial charge is 0.482 e. The molecule has 0 radical (unpaired) electrons. The Balaban J connectivity index is 1.73. The Morgan fingerprint density at radius 3 is 2.86 bits per heavy atom. The van der Waals surface area contributed by atoms with Crippen molar-refractivity contribution in [2.24, 2.45) is 0 Å². The summed E-state index contributed by atoms with van der Waals surface area (Å²) in [5.41, 5.74) is 0.973. The van der Waals surface area contributed by atoms with Crippen molar-refractivity contribution >= 4 is 5.97 Å². The molecule has 1 fully saturated rings. The highest BCUT2D eigenvalue weighted by atomic mass is 16.5. The number of carboxylic acid groups (broad SMARTS) is 1. The second-order valence-corrected chi connectivity index (χ2v) is 4.92. The predicted octanol–water partition coefficient (Wildman–Crippen LogP) is 0.572. The minimum absolute atomic E-state index is 0.315. The number of ether oxygens (including phenoxy) is 2. The Labute approximate surface area is 124 Å². The number of carboxylic acids is 1. The van der Waals surface area contributed by atoms with E-state index < -0.39 is 5.97 Å². The summed E-state index contributed by atoms with van der Waals surface area (Å²) in [4.78, 5) is 12.9. The number of benzene rings is 1. The average molecular weight is 294 g/mol. The van der Waals surface area contributed by atoms with E-state index in [1.165, 1.54) is 0 Å². The van der Waals surface area contributed by atoms with Gasteiger partial charge in [0, 0.05) is 38.3 Å². The quantitative estimate of drug-likeness (QED) is 0.683. The van der Waals surface area contributed by atoms with Gasteiger partial charge in [0.15, 0.2) is 6.61 Å². The van der Waals surface area contributed by atoms with Gasteiger partial charge < -0.3 is 19.9 Å². The molecule has 0 spiro atoms. The van der Waals surface area contributed by atoms with Gasteiger partial charge >= 0.3 is 5.97 Å².